The van der Waals surface area contributed by atoms with Crippen molar-refractivity contribution >= 4 is 0 Å². The van der Waals surface area contributed by atoms with Crippen LogP contribution in [0.1, 0.15) is 6.92 Å². The van der Waals surface area contributed by atoms with Crippen LogP contribution in [-0.2, 0) is 19.6 Å². The molecule has 0 bridgehead atoms. The third kappa shape index (κ3) is 3.94. The van der Waals surface area contributed by atoms with Gasteiger partial charge in [-0.2, -0.15) is 0 Å². The zero-order valence-electron chi connectivity index (χ0n) is 4.22. The number of allylic oxidation sites excluding steroid dienone is 1. The van der Waals surface area contributed by atoms with Crippen molar-refractivity contribution in [3.8, 4) is 0 Å². The summed E-state index contributed by atoms with van der Waals surface area (Å²) in [4.78, 5) is 0. The molecule has 0 aliphatic carbocycles. The summed E-state index contributed by atoms with van der Waals surface area (Å²) in [6, 6.07) is 0. The zero-order valence-corrected chi connectivity index (χ0v) is 7.15. The Balaban J connectivity index is 3.49. The van der Waals surface area contributed by atoms with Crippen LogP contribution in [0.3, 0.4) is 0 Å². The zero-order chi connectivity index (χ0) is 5.70. The van der Waals surface area contributed by atoms with Crippen molar-refractivity contribution in [2.75, 3.05) is 0 Å². The summed E-state index contributed by atoms with van der Waals surface area (Å²) >= 11 is 1.23. The summed E-state index contributed by atoms with van der Waals surface area (Å²) in [6.07, 6.45) is 3.59. The van der Waals surface area contributed by atoms with E-state index in [2.05, 4.69) is 10.4 Å². The number of hydrogen-bond donors (Lipinski definition) is 0. The van der Waals surface area contributed by atoms with Gasteiger partial charge in [-0.05, 0) is 0 Å². The second-order valence-electron chi connectivity index (χ2n) is 1.18. The van der Waals surface area contributed by atoms with Crippen LogP contribution in [0.25, 0.3) is 0 Å². The molecule has 7 heavy (non-hydrogen) atoms. The van der Waals surface area contributed by atoms with E-state index in [0.717, 1.165) is 5.57 Å². The van der Waals surface area contributed by atoms with Gasteiger partial charge in [0.2, 0.25) is 0 Å². The Kier molecular flexibility index (Phi) is 4.32. The molecule has 0 rings (SSSR count). The van der Waals surface area contributed by atoms with Crippen molar-refractivity contribution in [1.29, 1.82) is 0 Å². The van der Waals surface area contributed by atoms with Crippen LogP contribution in [0.5, 0.6) is 0 Å². The van der Waals surface area contributed by atoms with E-state index in [0.29, 0.717) is 0 Å². The molecule has 0 N–H and O–H groups in total. The average molecular weight is 265 g/mol. The van der Waals surface area contributed by atoms with Gasteiger partial charge in [0, 0.05) is 0 Å². The Morgan fingerprint density at radius 2 is 2.57 bits per heavy atom. The minimum absolute atomic E-state index is 1.12. The van der Waals surface area contributed by atoms with Crippen molar-refractivity contribution in [1.82, 2.24) is 0 Å². The van der Waals surface area contributed by atoms with E-state index in [4.69, 9.17) is 0 Å². The molecule has 0 spiro atoms. The first-order valence-corrected chi connectivity index (χ1v) is 3.24. The molecule has 0 aliphatic heterocycles. The molecule has 0 saturated heterocycles. The normalized spacial score (nSPS) is 10.9. The van der Waals surface area contributed by atoms with E-state index in [1.165, 1.54) is 19.6 Å². The van der Waals surface area contributed by atoms with Crippen LogP contribution in [-0.4, -0.2) is 0 Å². The summed E-state index contributed by atoms with van der Waals surface area (Å²) in [5.74, 6) is 0. The fourth-order valence-corrected chi connectivity index (χ4v) is 0.733. The van der Waals surface area contributed by atoms with Gasteiger partial charge >= 0.3 is 55.2 Å². The molecule has 0 aliphatic rings. The predicted molar refractivity (Wildman–Crippen MR) is 25.8 cm³/mol. The Morgan fingerprint density at radius 1 is 2.00 bits per heavy atom. The first kappa shape index (κ1) is 7.10. The molecule has 1 nitrogen and oxygen atoms in total. The molecule has 0 amide bonds. The minimum atomic E-state index is 1.12. The Bertz CT molecular complexity index is 86.1. The van der Waals surface area contributed by atoms with Crippen LogP contribution < -0.4 is 0 Å². The predicted octanol–water partition coefficient (Wildman–Crippen LogP) is 1.66. The molecule has 0 radical (unpaired) electrons. The first-order chi connectivity index (χ1) is 3.31. The van der Waals surface area contributed by atoms with Crippen molar-refractivity contribution in [3.63, 3.8) is 0 Å². The molecule has 0 fully saturated rings. The van der Waals surface area contributed by atoms with Gasteiger partial charge in [0.15, 0.2) is 0 Å². The van der Waals surface area contributed by atoms with E-state index in [1.54, 1.807) is 6.42 Å². The van der Waals surface area contributed by atoms with E-state index in [1.807, 2.05) is 13.1 Å². The summed E-state index contributed by atoms with van der Waals surface area (Å²) in [5.41, 5.74) is 1.12. The number of nitrogens with zero attached hydrogens (tertiary/aromatic N) is 1. The third-order valence-electron chi connectivity index (χ3n) is 0.578. The average Bonchev–Trinajstić information content (AvgIpc) is 1.68. The van der Waals surface area contributed by atoms with Crippen LogP contribution in [0.15, 0.2) is 15.3 Å². The van der Waals surface area contributed by atoms with Crippen LogP contribution >= 0.6 is 0 Å². The summed E-state index contributed by atoms with van der Waals surface area (Å²) < 4.78 is 3.86. The van der Waals surface area contributed by atoms with Gasteiger partial charge < -0.3 is 0 Å². The molecule has 38 valence electrons. The quantitative estimate of drug-likeness (QED) is 0.673. The monoisotopic (exact) mass is 265 g/mol. The van der Waals surface area contributed by atoms with Gasteiger partial charge in [0.25, 0.3) is 0 Å². The fraction of sp³-hybridized carbons (Fsp3) is 0.200. The number of rotatable bonds is 2. The van der Waals surface area contributed by atoms with Crippen molar-refractivity contribution in [2.24, 2.45) is 3.50 Å². The van der Waals surface area contributed by atoms with Gasteiger partial charge in [0.1, 0.15) is 0 Å². The van der Waals surface area contributed by atoms with Gasteiger partial charge in [-0.3, -0.25) is 0 Å². The molecule has 0 heterocycles. The topological polar surface area (TPSA) is 12.4 Å². The Morgan fingerprint density at radius 3 is 2.71 bits per heavy atom. The van der Waals surface area contributed by atoms with Crippen LogP contribution in [0, 0.1) is 13.3 Å². The van der Waals surface area contributed by atoms with Crippen molar-refractivity contribution < 1.29 is 19.6 Å². The van der Waals surface area contributed by atoms with E-state index < -0.39 is 0 Å². The molecule has 2 heteroatoms. The number of hydrogen-bond acceptors (Lipinski definition) is 1. The summed E-state index contributed by atoms with van der Waals surface area (Å²) in [5, 5.41) is 0. The SMILES string of the molecule is [CH2-][CH+]C(C)=C[N]=[W]. The molecule has 0 saturated carbocycles. The standard InChI is InChI=1S/C5H7N.W/c1-3-5(2)4-6;/h3-4H,1H2,2H3;. The second kappa shape index (κ2) is 4.26. The molecule has 0 aromatic heterocycles. The molecular formula is C5H7NW. The molecule has 0 aromatic rings. The third-order valence-corrected chi connectivity index (χ3v) is 0.957. The fourth-order valence-electron chi connectivity index (χ4n) is 0.136. The van der Waals surface area contributed by atoms with Crippen molar-refractivity contribution in [3.05, 3.63) is 25.1 Å². The molecule has 0 unspecified atom stereocenters. The van der Waals surface area contributed by atoms with E-state index in [-0.39, 0.29) is 0 Å². The maximum absolute atomic E-state index is 3.86. The Hall–Kier alpha value is 0.0983. The Labute approximate surface area is 55.6 Å². The summed E-state index contributed by atoms with van der Waals surface area (Å²) in [6.45, 7) is 5.53. The van der Waals surface area contributed by atoms with Crippen LogP contribution in [0.2, 0.25) is 0 Å². The van der Waals surface area contributed by atoms with Crippen LogP contribution in [0.4, 0.5) is 0 Å². The van der Waals surface area contributed by atoms with E-state index in [9.17, 15) is 0 Å². The van der Waals surface area contributed by atoms with Gasteiger partial charge in [0.05, 0.1) is 0 Å². The van der Waals surface area contributed by atoms with E-state index >= 15 is 0 Å². The maximum atomic E-state index is 3.86. The molecule has 0 aromatic carbocycles. The van der Waals surface area contributed by atoms with Gasteiger partial charge in [-0.25, -0.2) is 0 Å². The van der Waals surface area contributed by atoms with Gasteiger partial charge in [-0.15, -0.1) is 0 Å². The van der Waals surface area contributed by atoms with Gasteiger partial charge in [-0.1, -0.05) is 0 Å². The second-order valence-corrected chi connectivity index (χ2v) is 1.94. The molecular weight excluding hydrogens is 258 g/mol. The molecule has 0 atom stereocenters. The van der Waals surface area contributed by atoms with Crippen molar-refractivity contribution in [2.45, 2.75) is 6.92 Å². The summed E-state index contributed by atoms with van der Waals surface area (Å²) in [7, 11) is 0. The first-order valence-electron chi connectivity index (χ1n) is 1.93.